The van der Waals surface area contributed by atoms with E-state index in [1.165, 1.54) is 25.4 Å². The third-order valence-electron chi connectivity index (χ3n) is 2.83. The number of ether oxygens (including phenoxy) is 1. The fourth-order valence-corrected chi connectivity index (χ4v) is 2.55. The maximum absolute atomic E-state index is 11.6. The minimum Gasteiger partial charge on any atom is -0.495 e. The normalized spacial score (nSPS) is 11.1. The summed E-state index contributed by atoms with van der Waals surface area (Å²) in [6, 6.07) is 4.51. The lowest BCUT2D eigenvalue weighted by Gasteiger charge is -2.12. The van der Waals surface area contributed by atoms with Gasteiger partial charge in [-0.3, -0.25) is 0 Å². The second kappa shape index (κ2) is 6.37. The number of hydrogen-bond acceptors (Lipinski definition) is 7. The summed E-state index contributed by atoms with van der Waals surface area (Å²) in [5.74, 6) is 1.15. The van der Waals surface area contributed by atoms with Crippen molar-refractivity contribution in [1.82, 2.24) is 9.97 Å². The first kappa shape index (κ1) is 16.3. The van der Waals surface area contributed by atoms with Crippen LogP contribution in [0.5, 0.6) is 5.75 Å². The Kier molecular flexibility index (Phi) is 4.72. The van der Waals surface area contributed by atoms with Gasteiger partial charge in [0, 0.05) is 19.4 Å². The van der Waals surface area contributed by atoms with E-state index >= 15 is 0 Å². The van der Waals surface area contributed by atoms with Crippen LogP contribution in [0.4, 0.5) is 17.5 Å². The van der Waals surface area contributed by atoms with Crippen LogP contribution in [0.3, 0.4) is 0 Å². The first-order valence-electron chi connectivity index (χ1n) is 6.20. The molecule has 2 N–H and O–H groups in total. The lowest BCUT2D eigenvalue weighted by Crippen LogP contribution is -2.03. The molecule has 0 atom stereocenters. The molecule has 118 valence electrons. The van der Waals surface area contributed by atoms with Crippen LogP contribution >= 0.6 is 11.6 Å². The van der Waals surface area contributed by atoms with Gasteiger partial charge >= 0.3 is 0 Å². The van der Waals surface area contributed by atoms with E-state index in [0.29, 0.717) is 28.2 Å². The molecule has 0 radical (unpaired) electrons. The number of halogens is 1. The molecule has 0 bridgehead atoms. The minimum absolute atomic E-state index is 0.169. The molecule has 0 unspecified atom stereocenters. The smallest absolute Gasteiger partial charge is 0.229 e. The van der Waals surface area contributed by atoms with Gasteiger partial charge in [-0.2, -0.15) is 4.98 Å². The minimum atomic E-state index is -3.31. The molecule has 1 aromatic carbocycles. The largest absolute Gasteiger partial charge is 0.495 e. The second-order valence-corrected chi connectivity index (χ2v) is 6.82. The molecule has 0 aliphatic heterocycles. The van der Waals surface area contributed by atoms with Crippen LogP contribution in [-0.4, -0.2) is 38.8 Å². The second-order valence-electron chi connectivity index (χ2n) is 4.40. The summed E-state index contributed by atoms with van der Waals surface area (Å²) in [5, 5.41) is 6.20. The topological polar surface area (TPSA) is 93.2 Å². The van der Waals surface area contributed by atoms with E-state index in [2.05, 4.69) is 20.6 Å². The van der Waals surface area contributed by atoms with Crippen molar-refractivity contribution in [2.45, 2.75) is 4.90 Å². The highest BCUT2D eigenvalue weighted by Gasteiger charge is 2.13. The van der Waals surface area contributed by atoms with Crippen molar-refractivity contribution in [3.8, 4) is 5.75 Å². The van der Waals surface area contributed by atoms with Crippen LogP contribution < -0.4 is 15.4 Å². The Morgan fingerprint density at radius 1 is 1.32 bits per heavy atom. The average Bonchev–Trinajstić information content (AvgIpc) is 2.48. The Labute approximate surface area is 133 Å². The van der Waals surface area contributed by atoms with Gasteiger partial charge in [0.05, 0.1) is 23.9 Å². The van der Waals surface area contributed by atoms with E-state index < -0.39 is 9.84 Å². The van der Waals surface area contributed by atoms with Crippen molar-refractivity contribution in [2.24, 2.45) is 0 Å². The van der Waals surface area contributed by atoms with Crippen molar-refractivity contribution in [3.05, 3.63) is 29.4 Å². The van der Waals surface area contributed by atoms with Gasteiger partial charge in [-0.15, -0.1) is 0 Å². The highest BCUT2D eigenvalue weighted by molar-refractivity contribution is 7.90. The number of benzene rings is 1. The Morgan fingerprint density at radius 2 is 2.05 bits per heavy atom. The standard InChI is InChI=1S/C13H15ClN4O3S/c1-15-12-9(14)7-16-13(18-12)17-10-5-4-8(22(3,19)20)6-11(10)21-2/h4-7H,1-3H3,(H2,15,16,17,18). The van der Waals surface area contributed by atoms with Crippen LogP contribution in [0.2, 0.25) is 5.02 Å². The monoisotopic (exact) mass is 342 g/mol. The molecule has 0 saturated heterocycles. The van der Waals surface area contributed by atoms with Gasteiger partial charge in [0.15, 0.2) is 9.84 Å². The fourth-order valence-electron chi connectivity index (χ4n) is 1.73. The summed E-state index contributed by atoms with van der Waals surface area (Å²) in [6.07, 6.45) is 2.59. The maximum Gasteiger partial charge on any atom is 0.229 e. The molecule has 1 aromatic heterocycles. The van der Waals surface area contributed by atoms with Gasteiger partial charge in [-0.1, -0.05) is 11.6 Å². The Morgan fingerprint density at radius 3 is 2.64 bits per heavy atom. The van der Waals surface area contributed by atoms with Crippen molar-refractivity contribution in [2.75, 3.05) is 31.0 Å². The predicted molar refractivity (Wildman–Crippen MR) is 86.0 cm³/mol. The summed E-state index contributed by atoms with van der Waals surface area (Å²) in [7, 11) is -0.161. The molecule has 0 saturated carbocycles. The number of aromatic nitrogens is 2. The molecule has 9 heteroatoms. The molecule has 1 heterocycles. The molecular weight excluding hydrogens is 328 g/mol. The van der Waals surface area contributed by atoms with Crippen molar-refractivity contribution >= 4 is 38.9 Å². The summed E-state index contributed by atoms with van der Waals surface area (Å²) >= 11 is 5.92. The quantitative estimate of drug-likeness (QED) is 0.861. The highest BCUT2D eigenvalue weighted by atomic mass is 35.5. The Hall–Kier alpha value is -2.06. The van der Waals surface area contributed by atoms with E-state index in [1.807, 2.05) is 0 Å². The van der Waals surface area contributed by atoms with Crippen molar-refractivity contribution < 1.29 is 13.2 Å². The van der Waals surface area contributed by atoms with Crippen LogP contribution in [0, 0.1) is 0 Å². The summed E-state index contributed by atoms with van der Waals surface area (Å²) < 4.78 is 28.3. The summed E-state index contributed by atoms with van der Waals surface area (Å²) in [5.41, 5.74) is 0.541. The fraction of sp³-hybridized carbons (Fsp3) is 0.231. The molecule has 7 nitrogen and oxygen atoms in total. The average molecular weight is 343 g/mol. The van der Waals surface area contributed by atoms with E-state index in [0.717, 1.165) is 6.26 Å². The number of nitrogens with one attached hydrogen (secondary N) is 2. The first-order chi connectivity index (χ1) is 10.3. The third-order valence-corrected chi connectivity index (χ3v) is 4.22. The molecule has 2 rings (SSSR count). The van der Waals surface area contributed by atoms with Crippen molar-refractivity contribution in [3.63, 3.8) is 0 Å². The summed E-state index contributed by atoms with van der Waals surface area (Å²) in [6.45, 7) is 0. The zero-order chi connectivity index (χ0) is 16.3. The zero-order valence-electron chi connectivity index (χ0n) is 12.2. The predicted octanol–water partition coefficient (Wildman–Crippen LogP) is 2.33. The number of sulfone groups is 1. The third kappa shape index (κ3) is 3.58. The van der Waals surface area contributed by atoms with E-state index in [9.17, 15) is 8.42 Å². The van der Waals surface area contributed by atoms with Crippen LogP contribution in [0.1, 0.15) is 0 Å². The van der Waals surface area contributed by atoms with E-state index in [-0.39, 0.29) is 4.90 Å². The van der Waals surface area contributed by atoms with Gasteiger partial charge in [0.1, 0.15) is 16.6 Å². The molecule has 0 aliphatic carbocycles. The number of rotatable bonds is 5. The van der Waals surface area contributed by atoms with E-state index in [4.69, 9.17) is 16.3 Å². The molecule has 0 spiro atoms. The number of methoxy groups -OCH3 is 1. The number of hydrogen-bond donors (Lipinski definition) is 2. The van der Waals surface area contributed by atoms with Crippen LogP contribution in [0.15, 0.2) is 29.3 Å². The molecule has 2 aromatic rings. The van der Waals surface area contributed by atoms with Gasteiger partial charge in [0.25, 0.3) is 0 Å². The van der Waals surface area contributed by atoms with Gasteiger partial charge < -0.3 is 15.4 Å². The SMILES string of the molecule is CNc1nc(Nc2ccc(S(C)(=O)=O)cc2OC)ncc1Cl. The van der Waals surface area contributed by atoms with Crippen LogP contribution in [-0.2, 0) is 9.84 Å². The lowest BCUT2D eigenvalue weighted by atomic mass is 10.3. The summed E-state index contributed by atoms with van der Waals surface area (Å²) in [4.78, 5) is 8.42. The first-order valence-corrected chi connectivity index (χ1v) is 8.47. The lowest BCUT2D eigenvalue weighted by molar-refractivity contribution is 0.415. The zero-order valence-corrected chi connectivity index (χ0v) is 13.8. The van der Waals surface area contributed by atoms with Crippen LogP contribution in [0.25, 0.3) is 0 Å². The molecule has 0 fully saturated rings. The molecule has 0 amide bonds. The number of nitrogens with zero attached hydrogens (tertiary/aromatic N) is 2. The van der Waals surface area contributed by atoms with Gasteiger partial charge in [0.2, 0.25) is 5.95 Å². The Bertz CT molecular complexity index is 796. The maximum atomic E-state index is 11.6. The Balaban J connectivity index is 2.37. The molecule has 22 heavy (non-hydrogen) atoms. The van der Waals surface area contributed by atoms with Gasteiger partial charge in [-0.25, -0.2) is 13.4 Å². The van der Waals surface area contributed by atoms with Crippen molar-refractivity contribution in [1.29, 1.82) is 0 Å². The molecule has 0 aliphatic rings. The highest BCUT2D eigenvalue weighted by Crippen LogP contribution is 2.30. The van der Waals surface area contributed by atoms with E-state index in [1.54, 1.807) is 13.1 Å². The molecular formula is C13H15ClN4O3S. The number of anilines is 3. The van der Waals surface area contributed by atoms with Gasteiger partial charge in [-0.05, 0) is 12.1 Å².